The number of aliphatic carboxylic acids is 1. The molecule has 146 valence electrons. The number of hydrogen-bond acceptors (Lipinski definition) is 6. The summed E-state index contributed by atoms with van der Waals surface area (Å²) in [6.07, 6.45) is 1.40. The molecular weight excluding hydrogens is 402 g/mol. The van der Waals surface area contributed by atoms with Gasteiger partial charge in [0.05, 0.1) is 18.2 Å². The van der Waals surface area contributed by atoms with E-state index in [1.165, 1.54) is 13.2 Å². The van der Waals surface area contributed by atoms with Gasteiger partial charge in [-0.25, -0.2) is 9.78 Å². The lowest BCUT2D eigenvalue weighted by Gasteiger charge is -2.15. The quantitative estimate of drug-likeness (QED) is 0.400. The summed E-state index contributed by atoms with van der Waals surface area (Å²) in [6, 6.07) is 10.5. The zero-order chi connectivity index (χ0) is 20.3. The maximum absolute atomic E-state index is 11.7. The van der Waals surface area contributed by atoms with Crippen LogP contribution in [0.1, 0.15) is 19.4 Å². The molecule has 0 bridgehead atoms. The molecule has 1 heterocycles. The first kappa shape index (κ1) is 20.1. The van der Waals surface area contributed by atoms with Crippen molar-refractivity contribution in [2.24, 2.45) is 0 Å². The molecule has 0 unspecified atom stereocenters. The van der Waals surface area contributed by atoms with Gasteiger partial charge in [0.2, 0.25) is 0 Å². The summed E-state index contributed by atoms with van der Waals surface area (Å²) in [5.74, 6) is -0.270. The number of thioether (sulfide) groups is 1. The average molecular weight is 420 g/mol. The third-order valence-electron chi connectivity index (χ3n) is 3.59. The second kappa shape index (κ2) is 8.58. The minimum absolute atomic E-state index is 0.0298. The number of halogens is 1. The van der Waals surface area contributed by atoms with Crippen LogP contribution in [-0.2, 0) is 4.79 Å². The molecule has 3 aromatic rings. The number of ether oxygens (including phenoxy) is 2. The molecule has 0 saturated carbocycles. The molecule has 2 aromatic carbocycles. The molecule has 0 spiro atoms. The number of benzene rings is 2. The Labute approximate surface area is 171 Å². The lowest BCUT2D eigenvalue weighted by atomic mass is 10.2. The van der Waals surface area contributed by atoms with Gasteiger partial charge in [-0.2, -0.15) is 0 Å². The monoisotopic (exact) mass is 419 g/mol. The number of nitrogens with zero attached hydrogens (tertiary/aromatic N) is 1. The first-order chi connectivity index (χ1) is 13.4. The molecule has 0 atom stereocenters. The topological polar surface area (TPSA) is 81.8 Å². The molecule has 0 fully saturated rings. The minimum atomic E-state index is -1.11. The Hall–Kier alpha value is -2.64. The highest BCUT2D eigenvalue weighted by Crippen LogP contribution is 2.38. The third-order valence-corrected chi connectivity index (χ3v) is 4.73. The van der Waals surface area contributed by atoms with Gasteiger partial charge in [0.15, 0.2) is 17.1 Å². The van der Waals surface area contributed by atoms with Crippen LogP contribution >= 0.6 is 23.4 Å². The smallest absolute Gasteiger partial charge is 0.342 e. The Morgan fingerprint density at radius 3 is 2.71 bits per heavy atom. The molecule has 3 rings (SSSR count). The van der Waals surface area contributed by atoms with E-state index >= 15 is 0 Å². The summed E-state index contributed by atoms with van der Waals surface area (Å²) < 4.78 is 16.6. The highest BCUT2D eigenvalue weighted by Gasteiger charge is 2.17. The van der Waals surface area contributed by atoms with E-state index in [1.807, 2.05) is 26.0 Å². The molecule has 0 amide bonds. The number of oxazole rings is 1. The summed E-state index contributed by atoms with van der Waals surface area (Å²) >= 11 is 7.23. The van der Waals surface area contributed by atoms with Crippen LogP contribution in [0.2, 0.25) is 5.02 Å². The van der Waals surface area contributed by atoms with Crippen molar-refractivity contribution in [3.05, 3.63) is 51.9 Å². The number of methoxy groups -OCH3 is 1. The van der Waals surface area contributed by atoms with Crippen molar-refractivity contribution in [1.82, 2.24) is 4.98 Å². The molecule has 1 N–H and O–H groups in total. The van der Waals surface area contributed by atoms with Crippen molar-refractivity contribution in [2.45, 2.75) is 25.2 Å². The van der Waals surface area contributed by atoms with Gasteiger partial charge in [-0.3, -0.25) is 0 Å². The summed E-state index contributed by atoms with van der Waals surface area (Å²) in [5, 5.41) is 10.2. The molecule has 0 aliphatic heterocycles. The lowest BCUT2D eigenvalue weighted by Crippen LogP contribution is -2.07. The molecule has 0 aliphatic carbocycles. The van der Waals surface area contributed by atoms with Crippen molar-refractivity contribution >= 4 is 46.5 Å². The third kappa shape index (κ3) is 4.61. The molecule has 28 heavy (non-hydrogen) atoms. The molecule has 6 nitrogen and oxygen atoms in total. The molecule has 0 saturated heterocycles. The van der Waals surface area contributed by atoms with Gasteiger partial charge < -0.3 is 19.0 Å². The Balaban J connectivity index is 1.95. The minimum Gasteiger partial charge on any atom is -0.493 e. The number of hydrogen-bond donors (Lipinski definition) is 1. The number of carbonyl (C=O) groups is 1. The van der Waals surface area contributed by atoms with Gasteiger partial charge in [0.1, 0.15) is 10.4 Å². The Morgan fingerprint density at radius 2 is 2.07 bits per heavy atom. The van der Waals surface area contributed by atoms with Gasteiger partial charge in [0.25, 0.3) is 5.22 Å². The maximum Gasteiger partial charge on any atom is 0.342 e. The standard InChI is InChI=1S/C20H18ClNO5S/c1-11(2)26-18-13(21)8-12(9-16(18)25-3)10-17(19(23)24)28-20-22-14-6-4-5-7-15(14)27-20/h4-11H,1-3H3,(H,23,24)/b17-10-. The fourth-order valence-corrected chi connectivity index (χ4v) is 3.46. The van der Waals surface area contributed by atoms with Gasteiger partial charge in [0, 0.05) is 0 Å². The number of fused-ring (bicyclic) bond motifs is 1. The van der Waals surface area contributed by atoms with Crippen LogP contribution in [0.5, 0.6) is 11.5 Å². The molecular formula is C20H18ClNO5S. The predicted octanol–water partition coefficient (Wildman–Crippen LogP) is 5.49. The van der Waals surface area contributed by atoms with E-state index in [1.54, 1.807) is 24.3 Å². The van der Waals surface area contributed by atoms with Gasteiger partial charge in [-0.15, -0.1) is 0 Å². The fourth-order valence-electron chi connectivity index (χ4n) is 2.45. The highest BCUT2D eigenvalue weighted by molar-refractivity contribution is 8.03. The van der Waals surface area contributed by atoms with Gasteiger partial charge >= 0.3 is 5.97 Å². The summed E-state index contributed by atoms with van der Waals surface area (Å²) in [6.45, 7) is 3.76. The SMILES string of the molecule is COc1cc(/C=C(\Sc2nc3ccccc3o2)C(=O)O)cc(Cl)c1OC(C)C. The molecule has 8 heteroatoms. The highest BCUT2D eigenvalue weighted by atomic mass is 35.5. The van der Waals surface area contributed by atoms with E-state index in [4.69, 9.17) is 25.5 Å². The van der Waals surface area contributed by atoms with E-state index in [0.29, 0.717) is 33.2 Å². The fraction of sp³-hybridized carbons (Fsp3) is 0.200. The lowest BCUT2D eigenvalue weighted by molar-refractivity contribution is -0.131. The number of rotatable bonds is 7. The zero-order valence-corrected chi connectivity index (χ0v) is 17.0. The number of carboxylic acids is 1. The van der Waals surface area contributed by atoms with Crippen LogP contribution in [0.25, 0.3) is 17.2 Å². The first-order valence-corrected chi connectivity index (χ1v) is 9.59. The van der Waals surface area contributed by atoms with E-state index in [-0.39, 0.29) is 16.2 Å². The molecule has 0 aliphatic rings. The normalized spacial score (nSPS) is 11.8. The van der Waals surface area contributed by atoms with Crippen molar-refractivity contribution in [1.29, 1.82) is 0 Å². The predicted molar refractivity (Wildman–Crippen MR) is 109 cm³/mol. The Bertz CT molecular complexity index is 1010. The van der Waals surface area contributed by atoms with Crippen LogP contribution in [-0.4, -0.2) is 29.3 Å². The van der Waals surface area contributed by atoms with Crippen molar-refractivity contribution in [3.8, 4) is 11.5 Å². The van der Waals surface area contributed by atoms with Crippen LogP contribution in [0.15, 0.2) is 50.9 Å². The van der Waals surface area contributed by atoms with E-state index in [0.717, 1.165) is 11.8 Å². The van der Waals surface area contributed by atoms with Gasteiger partial charge in [-0.05, 0) is 61.5 Å². The van der Waals surface area contributed by atoms with Gasteiger partial charge in [-0.1, -0.05) is 23.7 Å². The van der Waals surface area contributed by atoms with Crippen LogP contribution in [0, 0.1) is 0 Å². The molecule has 0 radical (unpaired) electrons. The number of carboxylic acid groups (broad SMARTS) is 1. The van der Waals surface area contributed by atoms with Crippen molar-refractivity contribution in [3.63, 3.8) is 0 Å². The summed E-state index contributed by atoms with van der Waals surface area (Å²) in [7, 11) is 1.50. The number of aromatic nitrogens is 1. The second-order valence-corrected chi connectivity index (χ2v) is 7.46. The van der Waals surface area contributed by atoms with Crippen LogP contribution in [0.3, 0.4) is 0 Å². The van der Waals surface area contributed by atoms with Crippen LogP contribution in [0.4, 0.5) is 0 Å². The van der Waals surface area contributed by atoms with Crippen molar-refractivity contribution < 1.29 is 23.8 Å². The van der Waals surface area contributed by atoms with E-state index < -0.39 is 5.97 Å². The van der Waals surface area contributed by atoms with Crippen molar-refractivity contribution in [2.75, 3.05) is 7.11 Å². The Kier molecular flexibility index (Phi) is 6.16. The average Bonchev–Trinajstić information content (AvgIpc) is 3.05. The molecule has 1 aromatic heterocycles. The summed E-state index contributed by atoms with van der Waals surface area (Å²) in [5.41, 5.74) is 1.81. The first-order valence-electron chi connectivity index (χ1n) is 8.40. The number of para-hydroxylation sites is 2. The Morgan fingerprint density at radius 1 is 1.32 bits per heavy atom. The summed E-state index contributed by atoms with van der Waals surface area (Å²) in [4.78, 5) is 16.1. The zero-order valence-electron chi connectivity index (χ0n) is 15.4. The van der Waals surface area contributed by atoms with E-state index in [2.05, 4.69) is 4.98 Å². The van der Waals surface area contributed by atoms with Crippen LogP contribution < -0.4 is 9.47 Å². The van der Waals surface area contributed by atoms with E-state index in [9.17, 15) is 9.90 Å². The maximum atomic E-state index is 11.7. The largest absolute Gasteiger partial charge is 0.493 e. The second-order valence-electron chi connectivity index (χ2n) is 6.06.